The number of aromatic amines is 1. The molecule has 0 unspecified atom stereocenters. The van der Waals surface area contributed by atoms with Crippen LogP contribution in [0, 0.1) is 0 Å². The van der Waals surface area contributed by atoms with Crippen molar-refractivity contribution in [3.8, 4) is 0 Å². The first-order chi connectivity index (χ1) is 9.24. The number of hydrogen-bond donors (Lipinski definition) is 4. The van der Waals surface area contributed by atoms with Crippen LogP contribution in [0.2, 0.25) is 0 Å². The van der Waals surface area contributed by atoms with E-state index in [-0.39, 0.29) is 5.91 Å². The number of anilines is 2. The zero-order chi connectivity index (χ0) is 13.7. The van der Waals surface area contributed by atoms with Crippen LogP contribution in [0.3, 0.4) is 0 Å². The van der Waals surface area contributed by atoms with Gasteiger partial charge in [-0.1, -0.05) is 0 Å². The minimum absolute atomic E-state index is 0.0168. The maximum atomic E-state index is 11.2. The minimum atomic E-state index is -0.0168. The van der Waals surface area contributed by atoms with Crippen LogP contribution in [0.1, 0.15) is 13.3 Å². The SMILES string of the molecule is CCNc1nc(NCCC(=O)NC)c2cn[nH]c2n1. The minimum Gasteiger partial charge on any atom is -0.369 e. The fourth-order valence-electron chi connectivity index (χ4n) is 1.63. The molecule has 0 aliphatic carbocycles. The van der Waals surface area contributed by atoms with E-state index in [1.807, 2.05) is 6.92 Å². The highest BCUT2D eigenvalue weighted by molar-refractivity contribution is 5.87. The second-order valence-corrected chi connectivity index (χ2v) is 3.91. The highest BCUT2D eigenvalue weighted by Crippen LogP contribution is 2.19. The lowest BCUT2D eigenvalue weighted by molar-refractivity contribution is -0.120. The number of fused-ring (bicyclic) bond motifs is 1. The van der Waals surface area contributed by atoms with Crippen LogP contribution in [0.4, 0.5) is 11.8 Å². The molecule has 102 valence electrons. The first-order valence-corrected chi connectivity index (χ1v) is 6.14. The van der Waals surface area contributed by atoms with E-state index in [9.17, 15) is 4.79 Å². The van der Waals surface area contributed by atoms with Crippen molar-refractivity contribution in [2.24, 2.45) is 0 Å². The lowest BCUT2D eigenvalue weighted by atomic mass is 10.3. The molecule has 0 bridgehead atoms. The smallest absolute Gasteiger partial charge is 0.226 e. The Hall–Kier alpha value is -2.38. The number of aromatic nitrogens is 4. The Morgan fingerprint density at radius 2 is 2.21 bits per heavy atom. The Morgan fingerprint density at radius 3 is 2.95 bits per heavy atom. The average molecular weight is 263 g/mol. The number of carbonyl (C=O) groups excluding carboxylic acids is 1. The Labute approximate surface area is 110 Å². The van der Waals surface area contributed by atoms with Gasteiger partial charge in [0.05, 0.1) is 11.6 Å². The first kappa shape index (κ1) is 13.1. The van der Waals surface area contributed by atoms with Crippen LogP contribution in [0.5, 0.6) is 0 Å². The van der Waals surface area contributed by atoms with Gasteiger partial charge in [0.15, 0.2) is 5.65 Å². The summed E-state index contributed by atoms with van der Waals surface area (Å²) >= 11 is 0. The van der Waals surface area contributed by atoms with Gasteiger partial charge in [-0.25, -0.2) is 0 Å². The van der Waals surface area contributed by atoms with Crippen LogP contribution < -0.4 is 16.0 Å². The molecule has 1 amide bonds. The highest BCUT2D eigenvalue weighted by Gasteiger charge is 2.09. The summed E-state index contributed by atoms with van der Waals surface area (Å²) in [6.07, 6.45) is 2.05. The van der Waals surface area contributed by atoms with E-state index in [2.05, 4.69) is 36.1 Å². The van der Waals surface area contributed by atoms with E-state index in [4.69, 9.17) is 0 Å². The van der Waals surface area contributed by atoms with Crippen molar-refractivity contribution in [2.45, 2.75) is 13.3 Å². The van der Waals surface area contributed by atoms with Crippen molar-refractivity contribution < 1.29 is 4.79 Å². The third-order valence-electron chi connectivity index (χ3n) is 2.57. The van der Waals surface area contributed by atoms with Gasteiger partial charge >= 0.3 is 0 Å². The molecule has 0 spiro atoms. The Morgan fingerprint density at radius 1 is 1.37 bits per heavy atom. The molecule has 2 aromatic heterocycles. The van der Waals surface area contributed by atoms with Crippen LogP contribution in [0.15, 0.2) is 6.20 Å². The van der Waals surface area contributed by atoms with Crippen molar-refractivity contribution in [2.75, 3.05) is 30.8 Å². The molecule has 0 aromatic carbocycles. The summed E-state index contributed by atoms with van der Waals surface area (Å²) in [6.45, 7) is 3.21. The third-order valence-corrected chi connectivity index (χ3v) is 2.57. The summed E-state index contributed by atoms with van der Waals surface area (Å²) in [5.74, 6) is 1.18. The summed E-state index contributed by atoms with van der Waals surface area (Å²) in [4.78, 5) is 19.8. The van der Waals surface area contributed by atoms with Crippen LogP contribution in [-0.2, 0) is 4.79 Å². The van der Waals surface area contributed by atoms with Gasteiger partial charge < -0.3 is 16.0 Å². The molecule has 0 radical (unpaired) electrons. The van der Waals surface area contributed by atoms with E-state index in [0.29, 0.717) is 30.4 Å². The summed E-state index contributed by atoms with van der Waals surface area (Å²) < 4.78 is 0. The van der Waals surface area contributed by atoms with E-state index >= 15 is 0 Å². The summed E-state index contributed by atoms with van der Waals surface area (Å²) in [6, 6.07) is 0. The quantitative estimate of drug-likeness (QED) is 0.598. The molecule has 2 heterocycles. The predicted molar refractivity (Wildman–Crippen MR) is 73.0 cm³/mol. The normalized spacial score (nSPS) is 10.4. The number of H-pyrrole nitrogens is 1. The molecule has 0 saturated heterocycles. The van der Waals surface area contributed by atoms with Gasteiger partial charge in [-0.2, -0.15) is 15.1 Å². The summed E-state index contributed by atoms with van der Waals surface area (Å²) in [5.41, 5.74) is 0.661. The van der Waals surface area contributed by atoms with E-state index in [0.717, 1.165) is 11.9 Å². The second-order valence-electron chi connectivity index (χ2n) is 3.91. The first-order valence-electron chi connectivity index (χ1n) is 6.14. The predicted octanol–water partition coefficient (Wildman–Crippen LogP) is 0.333. The van der Waals surface area contributed by atoms with Crippen molar-refractivity contribution >= 4 is 28.7 Å². The maximum Gasteiger partial charge on any atom is 0.226 e. The molecule has 0 aliphatic heterocycles. The molecule has 4 N–H and O–H groups in total. The number of hydrogen-bond acceptors (Lipinski definition) is 6. The number of rotatable bonds is 6. The molecule has 0 fully saturated rings. The van der Waals surface area contributed by atoms with E-state index < -0.39 is 0 Å². The monoisotopic (exact) mass is 263 g/mol. The third kappa shape index (κ3) is 3.09. The molecule has 2 aromatic rings. The Balaban J connectivity index is 2.15. The van der Waals surface area contributed by atoms with Gasteiger partial charge in [0, 0.05) is 26.6 Å². The molecular formula is C11H17N7O. The van der Waals surface area contributed by atoms with Gasteiger partial charge in [0.25, 0.3) is 0 Å². The molecule has 0 atom stereocenters. The zero-order valence-corrected chi connectivity index (χ0v) is 10.9. The number of nitrogens with zero attached hydrogens (tertiary/aromatic N) is 3. The van der Waals surface area contributed by atoms with Crippen molar-refractivity contribution in [3.63, 3.8) is 0 Å². The van der Waals surface area contributed by atoms with Gasteiger partial charge in [-0.05, 0) is 6.92 Å². The molecular weight excluding hydrogens is 246 g/mol. The zero-order valence-electron chi connectivity index (χ0n) is 10.9. The van der Waals surface area contributed by atoms with Crippen molar-refractivity contribution in [1.82, 2.24) is 25.5 Å². The van der Waals surface area contributed by atoms with E-state index in [1.165, 1.54) is 0 Å². The molecule has 19 heavy (non-hydrogen) atoms. The Bertz CT molecular complexity index is 565. The largest absolute Gasteiger partial charge is 0.369 e. The number of amides is 1. The molecule has 0 saturated carbocycles. The van der Waals surface area contributed by atoms with Gasteiger partial charge in [-0.15, -0.1) is 0 Å². The standard InChI is InChI=1S/C11H17N7O/c1-3-13-11-16-9(14-5-4-8(19)12-2)7-6-15-18-10(7)17-11/h6H,3-5H2,1-2H3,(H,12,19)(H3,13,14,15,16,17,18). The topological polar surface area (TPSA) is 108 Å². The molecule has 2 rings (SSSR count). The van der Waals surface area contributed by atoms with Gasteiger partial charge in [0.2, 0.25) is 11.9 Å². The second kappa shape index (κ2) is 5.98. The summed E-state index contributed by atoms with van der Waals surface area (Å²) in [5, 5.41) is 16.3. The lowest BCUT2D eigenvalue weighted by Crippen LogP contribution is -2.21. The average Bonchev–Trinajstić information content (AvgIpc) is 2.87. The highest BCUT2D eigenvalue weighted by atomic mass is 16.1. The fourth-order valence-corrected chi connectivity index (χ4v) is 1.63. The number of carbonyl (C=O) groups is 1. The Kier molecular flexibility index (Phi) is 4.11. The van der Waals surface area contributed by atoms with Crippen LogP contribution in [-0.4, -0.2) is 46.2 Å². The number of nitrogens with one attached hydrogen (secondary N) is 4. The molecule has 0 aliphatic rings. The van der Waals surface area contributed by atoms with Crippen LogP contribution >= 0.6 is 0 Å². The van der Waals surface area contributed by atoms with Crippen molar-refractivity contribution in [3.05, 3.63) is 6.20 Å². The van der Waals surface area contributed by atoms with Crippen LogP contribution in [0.25, 0.3) is 11.0 Å². The maximum absolute atomic E-state index is 11.2. The lowest BCUT2D eigenvalue weighted by Gasteiger charge is -2.08. The van der Waals surface area contributed by atoms with Gasteiger partial charge in [0.1, 0.15) is 5.82 Å². The molecule has 8 heteroatoms. The summed E-state index contributed by atoms with van der Waals surface area (Å²) in [7, 11) is 1.62. The van der Waals surface area contributed by atoms with E-state index in [1.54, 1.807) is 13.2 Å². The van der Waals surface area contributed by atoms with Gasteiger partial charge in [-0.3, -0.25) is 9.89 Å². The fraction of sp³-hybridized carbons (Fsp3) is 0.455. The molecule has 8 nitrogen and oxygen atoms in total. The van der Waals surface area contributed by atoms with Crippen molar-refractivity contribution in [1.29, 1.82) is 0 Å².